The van der Waals surface area contributed by atoms with Crippen LogP contribution >= 0.6 is 0 Å². The molecule has 0 spiro atoms. The minimum absolute atomic E-state index is 0.00448. The Hall–Kier alpha value is -2.35. The van der Waals surface area contributed by atoms with Gasteiger partial charge in [0.25, 0.3) is 5.69 Å². The molecule has 27 heavy (non-hydrogen) atoms. The summed E-state index contributed by atoms with van der Waals surface area (Å²) < 4.78 is 10.5. The summed E-state index contributed by atoms with van der Waals surface area (Å²) >= 11 is 0. The number of methoxy groups -OCH3 is 2. The molecule has 1 aromatic carbocycles. The molecule has 0 aromatic heterocycles. The van der Waals surface area contributed by atoms with Gasteiger partial charge in [0.2, 0.25) is 5.91 Å². The van der Waals surface area contributed by atoms with Crippen LogP contribution < -0.4 is 9.47 Å². The first-order valence-corrected chi connectivity index (χ1v) is 9.35. The third-order valence-electron chi connectivity index (χ3n) is 5.11. The van der Waals surface area contributed by atoms with Crippen molar-refractivity contribution in [2.45, 2.75) is 33.2 Å². The van der Waals surface area contributed by atoms with E-state index in [1.807, 2.05) is 18.7 Å². The Morgan fingerprint density at radius 3 is 2.44 bits per heavy atom. The molecule has 150 valence electrons. The van der Waals surface area contributed by atoms with Crippen LogP contribution in [0.25, 0.3) is 0 Å². The second kappa shape index (κ2) is 9.55. The molecule has 0 bridgehead atoms. The van der Waals surface area contributed by atoms with E-state index in [0.29, 0.717) is 43.2 Å². The predicted molar refractivity (Wildman–Crippen MR) is 102 cm³/mol. The topological polar surface area (TPSA) is 85.2 Å². The Kier molecular flexibility index (Phi) is 7.41. The fraction of sp³-hybridized carbons (Fsp3) is 0.632. The molecule has 1 aliphatic heterocycles. The maximum atomic E-state index is 12.7. The third kappa shape index (κ3) is 4.88. The highest BCUT2D eigenvalue weighted by Crippen LogP contribution is 2.35. The van der Waals surface area contributed by atoms with Crippen LogP contribution in [0, 0.1) is 16.0 Å². The molecule has 0 N–H and O–H groups in total. The van der Waals surface area contributed by atoms with E-state index in [9.17, 15) is 14.9 Å². The van der Waals surface area contributed by atoms with Crippen LogP contribution in [0.3, 0.4) is 0 Å². The summed E-state index contributed by atoms with van der Waals surface area (Å²) in [5, 5.41) is 11.5. The lowest BCUT2D eigenvalue weighted by atomic mass is 9.95. The molecule has 1 aliphatic rings. The molecule has 1 atom stereocenters. The number of amides is 1. The number of carbonyl (C=O) groups is 1. The second-order valence-electron chi connectivity index (χ2n) is 6.68. The van der Waals surface area contributed by atoms with Crippen LogP contribution in [-0.4, -0.2) is 61.0 Å². The zero-order chi connectivity index (χ0) is 20.0. The lowest BCUT2D eigenvalue weighted by Crippen LogP contribution is -2.44. The molecule has 0 aliphatic carbocycles. The highest BCUT2D eigenvalue weighted by Gasteiger charge is 2.30. The molecule has 0 saturated carbocycles. The molecular formula is C19H29N3O5. The number of piperidine rings is 1. The zero-order valence-corrected chi connectivity index (χ0v) is 16.6. The number of benzene rings is 1. The summed E-state index contributed by atoms with van der Waals surface area (Å²) in [5.74, 6) is 0.913. The van der Waals surface area contributed by atoms with Gasteiger partial charge >= 0.3 is 0 Å². The maximum Gasteiger partial charge on any atom is 0.277 e. The first kappa shape index (κ1) is 21.0. The normalized spacial score (nSPS) is 17.4. The molecule has 1 amide bonds. The Balaban J connectivity index is 2.20. The van der Waals surface area contributed by atoms with Crippen LogP contribution in [0.2, 0.25) is 0 Å². The molecule has 1 aromatic rings. The zero-order valence-electron chi connectivity index (χ0n) is 16.6. The number of nitro groups is 1. The van der Waals surface area contributed by atoms with Gasteiger partial charge in [-0.1, -0.05) is 0 Å². The van der Waals surface area contributed by atoms with E-state index < -0.39 is 4.92 Å². The second-order valence-corrected chi connectivity index (χ2v) is 6.68. The number of nitro benzene ring substituents is 1. The van der Waals surface area contributed by atoms with E-state index in [0.717, 1.165) is 19.4 Å². The van der Waals surface area contributed by atoms with E-state index in [1.165, 1.54) is 20.3 Å². The van der Waals surface area contributed by atoms with E-state index >= 15 is 0 Å². The summed E-state index contributed by atoms with van der Waals surface area (Å²) in [7, 11) is 2.96. The van der Waals surface area contributed by atoms with Crippen molar-refractivity contribution in [2.75, 3.05) is 40.4 Å². The van der Waals surface area contributed by atoms with Crippen molar-refractivity contribution < 1.29 is 19.2 Å². The van der Waals surface area contributed by atoms with Crippen LogP contribution in [0.1, 0.15) is 32.3 Å². The summed E-state index contributed by atoms with van der Waals surface area (Å²) in [6.45, 7) is 7.19. The quantitative estimate of drug-likeness (QED) is 0.510. The average molecular weight is 379 g/mol. The predicted octanol–water partition coefficient (Wildman–Crippen LogP) is 2.69. The number of ether oxygens (including phenoxy) is 2. The maximum absolute atomic E-state index is 12.7. The summed E-state index contributed by atoms with van der Waals surface area (Å²) in [6.07, 6.45) is 1.76. The van der Waals surface area contributed by atoms with Crippen LogP contribution in [-0.2, 0) is 11.3 Å². The number of likely N-dealkylation sites (tertiary alicyclic amines) is 1. The monoisotopic (exact) mass is 379 g/mol. The van der Waals surface area contributed by atoms with Crippen molar-refractivity contribution in [3.63, 3.8) is 0 Å². The summed E-state index contributed by atoms with van der Waals surface area (Å²) in [6, 6.07) is 3.06. The third-order valence-corrected chi connectivity index (χ3v) is 5.11. The molecule has 8 heteroatoms. The first-order chi connectivity index (χ1) is 12.9. The van der Waals surface area contributed by atoms with Gasteiger partial charge in [0.15, 0.2) is 11.5 Å². The lowest BCUT2D eigenvalue weighted by Gasteiger charge is -2.34. The molecular weight excluding hydrogens is 350 g/mol. The van der Waals surface area contributed by atoms with Gasteiger partial charge in [-0.2, -0.15) is 0 Å². The molecule has 1 heterocycles. The molecule has 1 fully saturated rings. The number of nitrogens with zero attached hydrogens (tertiary/aromatic N) is 3. The molecule has 1 unspecified atom stereocenters. The Morgan fingerprint density at radius 1 is 1.26 bits per heavy atom. The van der Waals surface area contributed by atoms with Crippen molar-refractivity contribution in [1.82, 2.24) is 9.80 Å². The average Bonchev–Trinajstić information content (AvgIpc) is 2.68. The van der Waals surface area contributed by atoms with E-state index in [4.69, 9.17) is 9.47 Å². The fourth-order valence-electron chi connectivity index (χ4n) is 3.64. The van der Waals surface area contributed by atoms with Crippen molar-refractivity contribution in [1.29, 1.82) is 0 Å². The Bertz CT molecular complexity index is 676. The van der Waals surface area contributed by atoms with Crippen LogP contribution in [0.4, 0.5) is 5.69 Å². The van der Waals surface area contributed by atoms with Gasteiger partial charge in [0.05, 0.1) is 31.1 Å². The number of hydrogen-bond donors (Lipinski definition) is 0. The van der Waals surface area contributed by atoms with Crippen molar-refractivity contribution in [2.24, 2.45) is 5.92 Å². The SMILES string of the molecule is CCN(CC)C(=O)C1CCCN(Cc2cc(OC)c(OC)cc2[N+](=O)[O-])C1. The summed E-state index contributed by atoms with van der Waals surface area (Å²) in [4.78, 5) is 27.7. The standard InChI is InChI=1S/C19H29N3O5/c1-5-21(6-2)19(23)14-8-7-9-20(12-14)13-15-10-17(26-3)18(27-4)11-16(15)22(24)25/h10-11,14H,5-9,12-13H2,1-4H3. The number of hydrogen-bond acceptors (Lipinski definition) is 6. The minimum atomic E-state index is -0.403. The van der Waals surface area contributed by atoms with Gasteiger partial charge in [-0.05, 0) is 39.3 Å². The van der Waals surface area contributed by atoms with Gasteiger partial charge < -0.3 is 14.4 Å². The molecule has 1 saturated heterocycles. The van der Waals surface area contributed by atoms with Crippen molar-refractivity contribution >= 4 is 11.6 Å². The summed E-state index contributed by atoms with van der Waals surface area (Å²) in [5.41, 5.74) is 0.568. The highest BCUT2D eigenvalue weighted by atomic mass is 16.6. The van der Waals surface area contributed by atoms with E-state index in [2.05, 4.69) is 4.90 Å². The largest absolute Gasteiger partial charge is 0.493 e. The lowest BCUT2D eigenvalue weighted by molar-refractivity contribution is -0.385. The van der Waals surface area contributed by atoms with Gasteiger partial charge in [-0.15, -0.1) is 0 Å². The van der Waals surface area contributed by atoms with Gasteiger partial charge in [0, 0.05) is 31.7 Å². The van der Waals surface area contributed by atoms with E-state index in [-0.39, 0.29) is 17.5 Å². The fourth-order valence-corrected chi connectivity index (χ4v) is 3.64. The van der Waals surface area contributed by atoms with Crippen molar-refractivity contribution in [3.05, 3.63) is 27.8 Å². The minimum Gasteiger partial charge on any atom is -0.493 e. The van der Waals surface area contributed by atoms with Gasteiger partial charge in [-0.3, -0.25) is 19.8 Å². The number of carbonyl (C=O) groups excluding carboxylic acids is 1. The highest BCUT2D eigenvalue weighted by molar-refractivity contribution is 5.79. The van der Waals surface area contributed by atoms with Crippen LogP contribution in [0.5, 0.6) is 11.5 Å². The molecule has 8 nitrogen and oxygen atoms in total. The van der Waals surface area contributed by atoms with Gasteiger partial charge in [-0.25, -0.2) is 0 Å². The van der Waals surface area contributed by atoms with Crippen LogP contribution in [0.15, 0.2) is 12.1 Å². The van der Waals surface area contributed by atoms with Crippen molar-refractivity contribution in [3.8, 4) is 11.5 Å². The van der Waals surface area contributed by atoms with E-state index in [1.54, 1.807) is 6.07 Å². The Labute approximate surface area is 160 Å². The number of rotatable bonds is 8. The first-order valence-electron chi connectivity index (χ1n) is 9.35. The molecule has 0 radical (unpaired) electrons. The smallest absolute Gasteiger partial charge is 0.277 e. The Morgan fingerprint density at radius 2 is 1.89 bits per heavy atom. The molecule has 2 rings (SSSR count). The van der Waals surface area contributed by atoms with Gasteiger partial charge in [0.1, 0.15) is 0 Å².